The van der Waals surface area contributed by atoms with E-state index in [1.54, 1.807) is 0 Å². The number of benzene rings is 1. The molecule has 28 heavy (non-hydrogen) atoms. The molecule has 1 atom stereocenters. The van der Waals surface area contributed by atoms with Crippen LogP contribution in [0.2, 0.25) is 0 Å². The fraction of sp³-hybridized carbons (Fsp3) is 0.526. The zero-order chi connectivity index (χ0) is 20.4. The first-order valence-corrected chi connectivity index (χ1v) is 9.10. The second-order valence-corrected chi connectivity index (χ2v) is 7.31. The third kappa shape index (κ3) is 4.19. The van der Waals surface area contributed by atoms with Gasteiger partial charge >= 0.3 is 12.1 Å². The number of carboxylic acids is 1. The molecule has 1 unspecified atom stereocenters. The van der Waals surface area contributed by atoms with Crippen molar-refractivity contribution >= 4 is 5.97 Å². The van der Waals surface area contributed by atoms with Gasteiger partial charge in [0.15, 0.2) is 5.82 Å². The molecular weight excluding hydrogens is 375 g/mol. The van der Waals surface area contributed by atoms with Crippen LogP contribution in [0.3, 0.4) is 0 Å². The number of aromatic nitrogens is 2. The van der Waals surface area contributed by atoms with Crippen molar-refractivity contribution in [3.63, 3.8) is 0 Å². The van der Waals surface area contributed by atoms with Crippen molar-refractivity contribution in [1.29, 1.82) is 0 Å². The maximum atomic E-state index is 10.6. The first-order chi connectivity index (χ1) is 13.2. The summed E-state index contributed by atoms with van der Waals surface area (Å²) in [5, 5.41) is 11.5. The highest BCUT2D eigenvalue weighted by Gasteiger charge is 2.45. The Labute approximate surface area is 160 Å². The molecule has 0 bridgehead atoms. The summed E-state index contributed by atoms with van der Waals surface area (Å²) in [7, 11) is 2.15. The van der Waals surface area contributed by atoms with Crippen molar-refractivity contribution in [3.05, 3.63) is 47.6 Å². The van der Waals surface area contributed by atoms with E-state index in [0.717, 1.165) is 44.1 Å². The SMILES string of the molecule is CN1CCC(c2nc(C3(c4ccccc4)CCC3)no2)C1.O=C(O)C(F)(F)F. The van der Waals surface area contributed by atoms with Gasteiger partial charge in [-0.25, -0.2) is 4.79 Å². The van der Waals surface area contributed by atoms with Gasteiger partial charge in [0.1, 0.15) is 0 Å². The summed E-state index contributed by atoms with van der Waals surface area (Å²) in [5.74, 6) is -0.627. The van der Waals surface area contributed by atoms with Gasteiger partial charge < -0.3 is 14.5 Å². The number of aliphatic carboxylic acids is 1. The summed E-state index contributed by atoms with van der Waals surface area (Å²) in [6.45, 7) is 2.15. The zero-order valence-corrected chi connectivity index (χ0v) is 15.4. The number of halogens is 3. The molecule has 1 aromatic carbocycles. The van der Waals surface area contributed by atoms with E-state index >= 15 is 0 Å². The highest BCUT2D eigenvalue weighted by Crippen LogP contribution is 2.48. The van der Waals surface area contributed by atoms with Gasteiger partial charge in [-0.3, -0.25) is 0 Å². The monoisotopic (exact) mass is 397 g/mol. The van der Waals surface area contributed by atoms with Crippen LogP contribution in [0, 0.1) is 0 Å². The second-order valence-electron chi connectivity index (χ2n) is 7.31. The molecule has 2 fully saturated rings. The largest absolute Gasteiger partial charge is 0.490 e. The van der Waals surface area contributed by atoms with Crippen molar-refractivity contribution in [2.45, 2.75) is 43.2 Å². The molecule has 0 radical (unpaired) electrons. The Morgan fingerprint density at radius 3 is 2.39 bits per heavy atom. The minimum absolute atomic E-state index is 0.00643. The molecule has 2 aliphatic rings. The van der Waals surface area contributed by atoms with Gasteiger partial charge in [-0.05, 0) is 38.4 Å². The predicted molar refractivity (Wildman–Crippen MR) is 93.9 cm³/mol. The molecule has 152 valence electrons. The molecule has 2 heterocycles. The van der Waals surface area contributed by atoms with Crippen molar-refractivity contribution in [3.8, 4) is 0 Å². The van der Waals surface area contributed by atoms with E-state index in [1.165, 1.54) is 12.0 Å². The van der Waals surface area contributed by atoms with Crippen LogP contribution < -0.4 is 0 Å². The minimum atomic E-state index is -5.08. The summed E-state index contributed by atoms with van der Waals surface area (Å²) in [6.07, 6.45) is -0.470. The van der Waals surface area contributed by atoms with Crippen LogP contribution in [-0.4, -0.2) is 52.4 Å². The molecule has 0 amide bonds. The van der Waals surface area contributed by atoms with E-state index in [4.69, 9.17) is 19.4 Å². The lowest BCUT2D eigenvalue weighted by Crippen LogP contribution is -2.36. The molecule has 1 saturated carbocycles. The van der Waals surface area contributed by atoms with Crippen LogP contribution in [0.25, 0.3) is 0 Å². The van der Waals surface area contributed by atoms with Crippen molar-refractivity contribution in [2.24, 2.45) is 0 Å². The van der Waals surface area contributed by atoms with E-state index in [9.17, 15) is 13.2 Å². The summed E-state index contributed by atoms with van der Waals surface area (Å²) < 4.78 is 37.3. The average Bonchev–Trinajstić information content (AvgIpc) is 3.24. The summed E-state index contributed by atoms with van der Waals surface area (Å²) in [6, 6.07) is 10.6. The maximum Gasteiger partial charge on any atom is 0.490 e. The standard InChI is InChI=1S/C17H21N3O.C2HF3O2/c1-20-11-8-13(12-20)15-18-16(19-21-15)17(9-5-10-17)14-6-3-2-4-7-14;3-2(4,5)1(6)7/h2-4,6-7,13H,5,8-12H2,1H3;(H,6,7). The number of nitrogens with zero attached hydrogens (tertiary/aromatic N) is 3. The van der Waals surface area contributed by atoms with Crippen LogP contribution in [0.1, 0.15) is 48.9 Å². The van der Waals surface area contributed by atoms with Crippen LogP contribution in [0.4, 0.5) is 13.2 Å². The molecule has 1 aliphatic carbocycles. The first-order valence-electron chi connectivity index (χ1n) is 9.10. The summed E-state index contributed by atoms with van der Waals surface area (Å²) in [5.41, 5.74) is 1.32. The maximum absolute atomic E-state index is 10.6. The van der Waals surface area contributed by atoms with E-state index < -0.39 is 12.1 Å². The Balaban J connectivity index is 0.000000279. The first kappa shape index (κ1) is 20.3. The van der Waals surface area contributed by atoms with Gasteiger partial charge in [-0.15, -0.1) is 0 Å². The second kappa shape index (κ2) is 7.90. The predicted octanol–water partition coefficient (Wildman–Crippen LogP) is 3.59. The summed E-state index contributed by atoms with van der Waals surface area (Å²) >= 11 is 0. The number of carbonyl (C=O) groups is 1. The smallest absolute Gasteiger partial charge is 0.475 e. The Morgan fingerprint density at radius 2 is 1.93 bits per heavy atom. The number of hydrogen-bond acceptors (Lipinski definition) is 5. The normalized spacial score (nSPS) is 21.5. The zero-order valence-electron chi connectivity index (χ0n) is 15.4. The molecule has 1 saturated heterocycles. The number of rotatable bonds is 3. The van der Waals surface area contributed by atoms with Crippen molar-refractivity contribution in [1.82, 2.24) is 15.0 Å². The lowest BCUT2D eigenvalue weighted by Gasteiger charge is -2.39. The topological polar surface area (TPSA) is 79.5 Å². The quantitative estimate of drug-likeness (QED) is 0.853. The van der Waals surface area contributed by atoms with Gasteiger partial charge in [-0.1, -0.05) is 41.9 Å². The van der Waals surface area contributed by atoms with E-state index in [0.29, 0.717) is 5.92 Å². The average molecular weight is 397 g/mol. The Hall–Kier alpha value is -2.42. The number of hydrogen-bond donors (Lipinski definition) is 1. The fourth-order valence-electron chi connectivity index (χ4n) is 3.66. The van der Waals surface area contributed by atoms with Crippen LogP contribution in [0.5, 0.6) is 0 Å². The van der Waals surface area contributed by atoms with Crippen molar-refractivity contribution in [2.75, 3.05) is 20.1 Å². The number of carboxylic acid groups (broad SMARTS) is 1. The van der Waals surface area contributed by atoms with Crippen LogP contribution >= 0.6 is 0 Å². The highest BCUT2D eigenvalue weighted by molar-refractivity contribution is 5.73. The van der Waals surface area contributed by atoms with Gasteiger partial charge in [0.25, 0.3) is 0 Å². The number of alkyl halides is 3. The van der Waals surface area contributed by atoms with Gasteiger partial charge in [0.2, 0.25) is 5.89 Å². The minimum Gasteiger partial charge on any atom is -0.475 e. The number of likely N-dealkylation sites (tertiary alicyclic amines) is 1. The molecule has 1 N–H and O–H groups in total. The molecular formula is C19H22F3N3O3. The third-order valence-electron chi connectivity index (χ3n) is 5.39. The third-order valence-corrected chi connectivity index (χ3v) is 5.39. The number of likely N-dealkylation sites (N-methyl/N-ethyl adjacent to an activating group) is 1. The fourth-order valence-corrected chi connectivity index (χ4v) is 3.66. The molecule has 0 spiro atoms. The molecule has 9 heteroatoms. The lowest BCUT2D eigenvalue weighted by molar-refractivity contribution is -0.192. The Bertz CT molecular complexity index is 804. The van der Waals surface area contributed by atoms with Gasteiger partial charge in [0.05, 0.1) is 11.3 Å². The van der Waals surface area contributed by atoms with Crippen LogP contribution in [-0.2, 0) is 10.2 Å². The Kier molecular flexibility index (Phi) is 5.74. The molecule has 4 rings (SSSR count). The summed E-state index contributed by atoms with van der Waals surface area (Å²) in [4.78, 5) is 16.0. The lowest BCUT2D eigenvalue weighted by atomic mass is 9.64. The van der Waals surface area contributed by atoms with E-state index in [-0.39, 0.29) is 5.41 Å². The van der Waals surface area contributed by atoms with E-state index in [1.807, 2.05) is 0 Å². The highest BCUT2D eigenvalue weighted by atomic mass is 19.4. The molecule has 1 aromatic heterocycles. The molecule has 2 aromatic rings. The van der Waals surface area contributed by atoms with Crippen LogP contribution in [0.15, 0.2) is 34.9 Å². The molecule has 6 nitrogen and oxygen atoms in total. The Morgan fingerprint density at radius 1 is 1.29 bits per heavy atom. The molecule has 1 aliphatic heterocycles. The van der Waals surface area contributed by atoms with Gasteiger partial charge in [0, 0.05) is 6.54 Å². The van der Waals surface area contributed by atoms with Gasteiger partial charge in [-0.2, -0.15) is 18.2 Å². The van der Waals surface area contributed by atoms with E-state index in [2.05, 4.69) is 47.4 Å². The van der Waals surface area contributed by atoms with Crippen molar-refractivity contribution < 1.29 is 27.6 Å².